The summed E-state index contributed by atoms with van der Waals surface area (Å²) < 4.78 is 0. The number of rotatable bonds is 2. The largest absolute Gasteiger partial charge is 0.322 e. The number of hydrogen-bond acceptors (Lipinski definition) is 4. The summed E-state index contributed by atoms with van der Waals surface area (Å²) >= 11 is 0. The van der Waals surface area contributed by atoms with Crippen LogP contribution in [0.3, 0.4) is 0 Å². The van der Waals surface area contributed by atoms with Crippen molar-refractivity contribution in [3.8, 4) is 0 Å². The van der Waals surface area contributed by atoms with Crippen LogP contribution in [0.4, 0.5) is 0 Å². The zero-order chi connectivity index (χ0) is 11.7. The second-order valence-electron chi connectivity index (χ2n) is 5.26. The Hall–Kier alpha value is -0.680. The minimum atomic E-state index is -0.538. The molecule has 16 heavy (non-hydrogen) atoms. The number of nitrogens with two attached hydrogens (primary N) is 1. The van der Waals surface area contributed by atoms with E-state index >= 15 is 0 Å². The third-order valence-corrected chi connectivity index (χ3v) is 4.30. The van der Waals surface area contributed by atoms with Crippen molar-refractivity contribution in [3.05, 3.63) is 10.1 Å². The van der Waals surface area contributed by atoms with Crippen LogP contribution in [0.1, 0.15) is 32.6 Å². The van der Waals surface area contributed by atoms with Crippen LogP contribution in [0.5, 0.6) is 0 Å². The van der Waals surface area contributed by atoms with E-state index in [1.165, 1.54) is 6.42 Å². The molecule has 5 nitrogen and oxygen atoms in total. The molecule has 0 aromatic carbocycles. The highest BCUT2D eigenvalue weighted by atomic mass is 16.6. The summed E-state index contributed by atoms with van der Waals surface area (Å²) in [6.07, 6.45) is 3.86. The Morgan fingerprint density at radius 1 is 1.38 bits per heavy atom. The molecule has 0 bridgehead atoms. The van der Waals surface area contributed by atoms with Crippen LogP contribution in [0.2, 0.25) is 0 Å². The normalized spacial score (nSPS) is 44.5. The molecule has 1 aliphatic heterocycles. The minimum absolute atomic E-state index is 0.182. The van der Waals surface area contributed by atoms with Gasteiger partial charge >= 0.3 is 0 Å². The lowest BCUT2D eigenvalue weighted by atomic mass is 9.71. The molecule has 3 N–H and O–H groups in total. The molecule has 0 aromatic heterocycles. The summed E-state index contributed by atoms with van der Waals surface area (Å²) in [5.74, 6) is 0.772. The Kier molecular flexibility index (Phi) is 3.44. The van der Waals surface area contributed by atoms with Crippen molar-refractivity contribution in [2.45, 2.75) is 50.7 Å². The van der Waals surface area contributed by atoms with Crippen molar-refractivity contribution in [2.24, 2.45) is 17.6 Å². The van der Waals surface area contributed by atoms with E-state index in [-0.39, 0.29) is 16.9 Å². The molecule has 1 aliphatic carbocycles. The summed E-state index contributed by atoms with van der Waals surface area (Å²) in [6.45, 7) is 3.21. The van der Waals surface area contributed by atoms with Gasteiger partial charge in [0.1, 0.15) is 0 Å². The molecule has 92 valence electrons. The smallest absolute Gasteiger partial charge is 0.228 e. The highest BCUT2D eigenvalue weighted by Gasteiger charge is 2.45. The molecule has 1 saturated carbocycles. The van der Waals surface area contributed by atoms with Gasteiger partial charge in [0.05, 0.1) is 6.04 Å². The zero-order valence-electron chi connectivity index (χ0n) is 9.76. The predicted molar refractivity (Wildman–Crippen MR) is 61.7 cm³/mol. The molecule has 1 saturated heterocycles. The van der Waals surface area contributed by atoms with Gasteiger partial charge in [0.25, 0.3) is 0 Å². The third-order valence-electron chi connectivity index (χ3n) is 4.30. The van der Waals surface area contributed by atoms with Gasteiger partial charge in [-0.1, -0.05) is 6.92 Å². The Labute approximate surface area is 95.9 Å². The lowest BCUT2D eigenvalue weighted by Gasteiger charge is -2.39. The van der Waals surface area contributed by atoms with E-state index in [4.69, 9.17) is 5.73 Å². The molecule has 0 spiro atoms. The van der Waals surface area contributed by atoms with Gasteiger partial charge in [-0.2, -0.15) is 0 Å². The number of nitro groups is 1. The van der Waals surface area contributed by atoms with Crippen molar-refractivity contribution in [3.63, 3.8) is 0 Å². The molecule has 2 fully saturated rings. The fraction of sp³-hybridized carbons (Fsp3) is 1.00. The van der Waals surface area contributed by atoms with Crippen molar-refractivity contribution in [2.75, 3.05) is 6.54 Å². The monoisotopic (exact) mass is 227 g/mol. The Morgan fingerprint density at radius 3 is 2.69 bits per heavy atom. The van der Waals surface area contributed by atoms with E-state index in [1.54, 1.807) is 0 Å². The predicted octanol–water partition coefficient (Wildman–Crippen LogP) is 0.757. The van der Waals surface area contributed by atoms with E-state index in [2.05, 4.69) is 12.2 Å². The van der Waals surface area contributed by atoms with Crippen LogP contribution < -0.4 is 11.1 Å². The van der Waals surface area contributed by atoms with Gasteiger partial charge in [-0.3, -0.25) is 10.1 Å². The zero-order valence-corrected chi connectivity index (χ0v) is 9.76. The molecule has 2 rings (SSSR count). The van der Waals surface area contributed by atoms with Crippen LogP contribution in [-0.4, -0.2) is 29.6 Å². The van der Waals surface area contributed by atoms with Crippen LogP contribution in [0.15, 0.2) is 0 Å². The molecule has 0 radical (unpaired) electrons. The number of nitrogens with one attached hydrogen (secondary N) is 1. The summed E-state index contributed by atoms with van der Waals surface area (Å²) in [5, 5.41) is 14.4. The average Bonchev–Trinajstić information content (AvgIpc) is 2.70. The number of hydrogen-bond donors (Lipinski definition) is 2. The minimum Gasteiger partial charge on any atom is -0.322 e. The van der Waals surface area contributed by atoms with Crippen molar-refractivity contribution in [1.29, 1.82) is 0 Å². The molecule has 5 heteroatoms. The molecule has 5 atom stereocenters. The van der Waals surface area contributed by atoms with Gasteiger partial charge in [-0.15, -0.1) is 0 Å². The first-order valence-corrected chi connectivity index (χ1v) is 6.23. The highest BCUT2D eigenvalue weighted by molar-refractivity contribution is 4.96. The Morgan fingerprint density at radius 2 is 2.12 bits per heavy atom. The van der Waals surface area contributed by atoms with E-state index < -0.39 is 6.04 Å². The maximum absolute atomic E-state index is 10.9. The van der Waals surface area contributed by atoms with E-state index in [9.17, 15) is 10.1 Å². The average molecular weight is 227 g/mol. The molecule has 2 aliphatic rings. The van der Waals surface area contributed by atoms with E-state index in [0.29, 0.717) is 18.4 Å². The summed E-state index contributed by atoms with van der Waals surface area (Å²) in [6, 6.07) is -0.425. The first-order chi connectivity index (χ1) is 7.61. The molecule has 0 aromatic rings. The molecule has 5 unspecified atom stereocenters. The first kappa shape index (κ1) is 11.8. The Bertz CT molecular complexity index is 266. The lowest BCUT2D eigenvalue weighted by molar-refractivity contribution is -0.531. The summed E-state index contributed by atoms with van der Waals surface area (Å²) in [5.41, 5.74) is 6.11. The van der Waals surface area contributed by atoms with Gasteiger partial charge in [-0.05, 0) is 37.6 Å². The molecular formula is C11H21N3O2. The maximum atomic E-state index is 10.9. The second kappa shape index (κ2) is 4.67. The topological polar surface area (TPSA) is 81.2 Å². The molecule has 1 heterocycles. The third kappa shape index (κ3) is 2.06. The summed E-state index contributed by atoms with van der Waals surface area (Å²) in [7, 11) is 0. The van der Waals surface area contributed by atoms with Gasteiger partial charge < -0.3 is 11.1 Å². The van der Waals surface area contributed by atoms with Gasteiger partial charge in [0.2, 0.25) is 6.04 Å². The molecule has 0 amide bonds. The van der Waals surface area contributed by atoms with Crippen LogP contribution in [-0.2, 0) is 0 Å². The van der Waals surface area contributed by atoms with E-state index in [1.807, 2.05) is 0 Å². The van der Waals surface area contributed by atoms with Crippen LogP contribution >= 0.6 is 0 Å². The fourth-order valence-electron chi connectivity index (χ4n) is 3.41. The first-order valence-electron chi connectivity index (χ1n) is 6.23. The van der Waals surface area contributed by atoms with Gasteiger partial charge in [0, 0.05) is 17.4 Å². The quantitative estimate of drug-likeness (QED) is 0.539. The maximum Gasteiger partial charge on any atom is 0.228 e. The lowest BCUT2D eigenvalue weighted by Crippen LogP contribution is -2.56. The molecular weight excluding hydrogens is 206 g/mol. The summed E-state index contributed by atoms with van der Waals surface area (Å²) in [4.78, 5) is 10.8. The van der Waals surface area contributed by atoms with Gasteiger partial charge in [0.15, 0.2) is 0 Å². The van der Waals surface area contributed by atoms with Gasteiger partial charge in [-0.25, -0.2) is 0 Å². The van der Waals surface area contributed by atoms with Crippen molar-refractivity contribution < 1.29 is 4.92 Å². The SMILES string of the molecule is CC1CCC([N+](=O)[O-])C(N)C1C1CCCN1. The van der Waals surface area contributed by atoms with Crippen molar-refractivity contribution >= 4 is 0 Å². The fourth-order valence-corrected chi connectivity index (χ4v) is 3.41. The van der Waals surface area contributed by atoms with Crippen LogP contribution in [0.25, 0.3) is 0 Å². The second-order valence-corrected chi connectivity index (χ2v) is 5.26. The highest BCUT2D eigenvalue weighted by Crippen LogP contribution is 2.35. The Balaban J connectivity index is 2.10. The van der Waals surface area contributed by atoms with Crippen molar-refractivity contribution in [1.82, 2.24) is 5.32 Å². The van der Waals surface area contributed by atoms with E-state index in [0.717, 1.165) is 19.4 Å². The standard InChI is InChI=1S/C11H21N3O2/c1-7-4-5-9(14(15)16)11(12)10(7)8-3-2-6-13-8/h7-11,13H,2-6,12H2,1H3. The van der Waals surface area contributed by atoms with Crippen LogP contribution in [0, 0.1) is 22.0 Å². The number of nitrogens with zero attached hydrogens (tertiary/aromatic N) is 1.